The molecule has 2 rings (SSSR count). The SMILES string of the molecule is Cc1ccc(C(=O)Cc2cncs2)c(Br)c1. The molecule has 0 spiro atoms. The van der Waals surface area contributed by atoms with Crippen molar-refractivity contribution in [3.8, 4) is 0 Å². The van der Waals surface area contributed by atoms with Crippen LogP contribution in [0.4, 0.5) is 0 Å². The van der Waals surface area contributed by atoms with Gasteiger partial charge in [0, 0.05) is 27.5 Å². The Labute approximate surface area is 106 Å². The van der Waals surface area contributed by atoms with E-state index in [-0.39, 0.29) is 5.78 Å². The van der Waals surface area contributed by atoms with Gasteiger partial charge in [0.15, 0.2) is 5.78 Å². The van der Waals surface area contributed by atoms with E-state index in [4.69, 9.17) is 0 Å². The summed E-state index contributed by atoms with van der Waals surface area (Å²) in [5.41, 5.74) is 3.62. The van der Waals surface area contributed by atoms with Gasteiger partial charge in [0.05, 0.1) is 5.51 Å². The molecule has 2 nitrogen and oxygen atoms in total. The van der Waals surface area contributed by atoms with Crippen molar-refractivity contribution in [1.29, 1.82) is 0 Å². The molecule has 0 aliphatic carbocycles. The number of hydrogen-bond donors (Lipinski definition) is 0. The van der Waals surface area contributed by atoms with Gasteiger partial charge in [-0.25, -0.2) is 0 Å². The molecule has 0 fully saturated rings. The van der Waals surface area contributed by atoms with Crippen LogP contribution in [0.3, 0.4) is 0 Å². The number of Topliss-reactive ketones (excluding diaryl/α,β-unsaturated/α-hetero) is 1. The monoisotopic (exact) mass is 295 g/mol. The molecule has 1 aromatic heterocycles. The van der Waals surface area contributed by atoms with Crippen molar-refractivity contribution in [1.82, 2.24) is 4.98 Å². The molecule has 0 aliphatic heterocycles. The molecule has 1 aromatic carbocycles. The molecule has 0 amide bonds. The van der Waals surface area contributed by atoms with E-state index in [0.29, 0.717) is 6.42 Å². The minimum Gasteiger partial charge on any atom is -0.294 e. The third-order valence-electron chi connectivity index (χ3n) is 2.24. The number of nitrogens with zero attached hydrogens (tertiary/aromatic N) is 1. The van der Waals surface area contributed by atoms with E-state index < -0.39 is 0 Å². The first-order chi connectivity index (χ1) is 7.66. The van der Waals surface area contributed by atoms with E-state index >= 15 is 0 Å². The molecule has 16 heavy (non-hydrogen) atoms. The van der Waals surface area contributed by atoms with Gasteiger partial charge in [0.2, 0.25) is 0 Å². The number of ketones is 1. The molecule has 0 N–H and O–H groups in total. The van der Waals surface area contributed by atoms with Crippen LogP contribution in [-0.4, -0.2) is 10.8 Å². The Bertz CT molecular complexity index is 508. The van der Waals surface area contributed by atoms with Crippen LogP contribution in [0.5, 0.6) is 0 Å². The maximum atomic E-state index is 12.0. The Hall–Kier alpha value is -1.00. The molecule has 82 valence electrons. The maximum absolute atomic E-state index is 12.0. The molecule has 4 heteroatoms. The third kappa shape index (κ3) is 2.57. The van der Waals surface area contributed by atoms with E-state index in [9.17, 15) is 4.79 Å². The minimum atomic E-state index is 0.121. The fourth-order valence-corrected chi connectivity index (χ4v) is 2.74. The van der Waals surface area contributed by atoms with Gasteiger partial charge >= 0.3 is 0 Å². The van der Waals surface area contributed by atoms with Crippen molar-refractivity contribution in [3.05, 3.63) is 50.4 Å². The number of carbonyl (C=O) groups excluding carboxylic acids is 1. The Morgan fingerprint density at radius 3 is 2.94 bits per heavy atom. The minimum absolute atomic E-state index is 0.121. The highest BCUT2D eigenvalue weighted by Crippen LogP contribution is 2.20. The predicted octanol–water partition coefficient (Wildman–Crippen LogP) is 3.64. The van der Waals surface area contributed by atoms with Gasteiger partial charge in [-0.05, 0) is 24.6 Å². The zero-order valence-corrected chi connectivity index (χ0v) is 11.1. The highest BCUT2D eigenvalue weighted by Gasteiger charge is 2.11. The zero-order valence-electron chi connectivity index (χ0n) is 8.74. The number of aryl methyl sites for hydroxylation is 1. The highest BCUT2D eigenvalue weighted by molar-refractivity contribution is 9.10. The average Bonchev–Trinajstić information content (AvgIpc) is 2.70. The van der Waals surface area contributed by atoms with Gasteiger partial charge in [0.1, 0.15) is 0 Å². The third-order valence-corrected chi connectivity index (χ3v) is 3.68. The van der Waals surface area contributed by atoms with Crippen LogP contribution in [0.2, 0.25) is 0 Å². The average molecular weight is 296 g/mol. The van der Waals surface area contributed by atoms with Crippen LogP contribution >= 0.6 is 27.3 Å². The van der Waals surface area contributed by atoms with Crippen molar-refractivity contribution in [2.24, 2.45) is 0 Å². The second-order valence-electron chi connectivity index (χ2n) is 3.55. The van der Waals surface area contributed by atoms with Crippen molar-refractivity contribution >= 4 is 33.0 Å². The quantitative estimate of drug-likeness (QED) is 0.809. The van der Waals surface area contributed by atoms with E-state index in [1.807, 2.05) is 25.1 Å². The van der Waals surface area contributed by atoms with Gasteiger partial charge in [-0.2, -0.15) is 0 Å². The molecule has 0 bridgehead atoms. The molecule has 0 unspecified atom stereocenters. The van der Waals surface area contributed by atoms with E-state index in [0.717, 1.165) is 20.5 Å². The lowest BCUT2D eigenvalue weighted by molar-refractivity contribution is 0.0993. The highest BCUT2D eigenvalue weighted by atomic mass is 79.9. The fraction of sp³-hybridized carbons (Fsp3) is 0.167. The number of hydrogen-bond acceptors (Lipinski definition) is 3. The van der Waals surface area contributed by atoms with E-state index in [1.165, 1.54) is 11.3 Å². The molecule has 0 atom stereocenters. The van der Waals surface area contributed by atoms with Crippen LogP contribution in [-0.2, 0) is 6.42 Å². The van der Waals surface area contributed by atoms with Gasteiger partial charge in [0.25, 0.3) is 0 Å². The van der Waals surface area contributed by atoms with Gasteiger partial charge in [-0.15, -0.1) is 11.3 Å². The largest absolute Gasteiger partial charge is 0.294 e. The van der Waals surface area contributed by atoms with Crippen molar-refractivity contribution in [2.75, 3.05) is 0 Å². The Kier molecular flexibility index (Phi) is 3.51. The molecule has 0 saturated carbocycles. The number of rotatable bonds is 3. The number of aromatic nitrogens is 1. The van der Waals surface area contributed by atoms with Crippen LogP contribution in [0.25, 0.3) is 0 Å². The van der Waals surface area contributed by atoms with Crippen LogP contribution in [0.15, 0.2) is 34.4 Å². The van der Waals surface area contributed by atoms with Crippen molar-refractivity contribution in [3.63, 3.8) is 0 Å². The fourth-order valence-electron chi connectivity index (χ4n) is 1.43. The van der Waals surface area contributed by atoms with Gasteiger partial charge in [-0.3, -0.25) is 9.78 Å². The van der Waals surface area contributed by atoms with Crippen LogP contribution in [0.1, 0.15) is 20.8 Å². The van der Waals surface area contributed by atoms with Gasteiger partial charge < -0.3 is 0 Å². The van der Waals surface area contributed by atoms with E-state index in [1.54, 1.807) is 11.7 Å². The Morgan fingerprint density at radius 2 is 2.31 bits per heavy atom. The summed E-state index contributed by atoms with van der Waals surface area (Å²) in [6.07, 6.45) is 2.16. The summed E-state index contributed by atoms with van der Waals surface area (Å²) in [6, 6.07) is 5.77. The maximum Gasteiger partial charge on any atom is 0.169 e. The lowest BCUT2D eigenvalue weighted by atomic mass is 10.1. The second-order valence-corrected chi connectivity index (χ2v) is 5.38. The first kappa shape index (κ1) is 11.5. The number of carbonyl (C=O) groups is 1. The molecule has 0 saturated heterocycles. The molecule has 0 aliphatic rings. The summed E-state index contributed by atoms with van der Waals surface area (Å²) >= 11 is 4.93. The lowest BCUT2D eigenvalue weighted by Gasteiger charge is -2.03. The number of halogens is 1. The molecule has 2 aromatic rings. The second kappa shape index (κ2) is 4.89. The topological polar surface area (TPSA) is 30.0 Å². The Morgan fingerprint density at radius 1 is 1.50 bits per heavy atom. The number of thiazole rings is 1. The first-order valence-electron chi connectivity index (χ1n) is 4.83. The van der Waals surface area contributed by atoms with Crippen LogP contribution in [0, 0.1) is 6.92 Å². The zero-order chi connectivity index (χ0) is 11.5. The van der Waals surface area contributed by atoms with Gasteiger partial charge in [-0.1, -0.05) is 22.0 Å². The summed E-state index contributed by atoms with van der Waals surface area (Å²) in [5, 5.41) is 0. The standard InChI is InChI=1S/C12H10BrNOS/c1-8-2-3-10(11(13)4-8)12(15)5-9-6-14-7-16-9/h2-4,6-7H,5H2,1H3. The normalized spacial score (nSPS) is 10.4. The lowest BCUT2D eigenvalue weighted by Crippen LogP contribution is -2.03. The summed E-state index contributed by atoms with van der Waals surface area (Å²) in [7, 11) is 0. The van der Waals surface area contributed by atoms with E-state index in [2.05, 4.69) is 20.9 Å². The predicted molar refractivity (Wildman–Crippen MR) is 69.0 cm³/mol. The molecular weight excluding hydrogens is 286 g/mol. The summed E-state index contributed by atoms with van der Waals surface area (Å²) in [6.45, 7) is 2.00. The first-order valence-corrected chi connectivity index (χ1v) is 6.51. The van der Waals surface area contributed by atoms with Crippen molar-refractivity contribution in [2.45, 2.75) is 13.3 Å². The smallest absolute Gasteiger partial charge is 0.169 e. The molecular formula is C12H10BrNOS. The molecule has 1 heterocycles. The summed E-state index contributed by atoms with van der Waals surface area (Å²) in [5.74, 6) is 0.121. The van der Waals surface area contributed by atoms with Crippen LogP contribution < -0.4 is 0 Å². The summed E-state index contributed by atoms with van der Waals surface area (Å²) < 4.78 is 0.863. The van der Waals surface area contributed by atoms with Crippen molar-refractivity contribution < 1.29 is 4.79 Å². The molecule has 0 radical (unpaired) electrons. The Balaban J connectivity index is 2.21. The number of benzene rings is 1. The summed E-state index contributed by atoms with van der Waals surface area (Å²) in [4.78, 5) is 17.0.